The number of benzene rings is 1. The molecule has 0 radical (unpaired) electrons. The van der Waals surface area contributed by atoms with Crippen LogP contribution in [-0.2, 0) is 0 Å². The molecule has 13 heavy (non-hydrogen) atoms. The minimum absolute atomic E-state index is 0.244. The molecule has 0 saturated carbocycles. The molecule has 0 aliphatic rings. The molecule has 0 amide bonds. The Morgan fingerprint density at radius 3 is 1.92 bits per heavy atom. The molecule has 0 N–H and O–H groups in total. The maximum atomic E-state index is 13.4. The van der Waals surface area contributed by atoms with Crippen molar-refractivity contribution in [2.24, 2.45) is 0 Å². The van der Waals surface area contributed by atoms with E-state index in [-0.39, 0.29) is 11.5 Å². The summed E-state index contributed by atoms with van der Waals surface area (Å²) in [5.74, 6) is 0.0631. The fourth-order valence-electron chi connectivity index (χ4n) is 1.02. The highest BCUT2D eigenvalue weighted by Crippen LogP contribution is 2.26. The highest BCUT2D eigenvalue weighted by molar-refractivity contribution is 5.35. The van der Waals surface area contributed by atoms with E-state index in [0.717, 1.165) is 0 Å². The standard InChI is InChI=1S/C10H13FO2/c1-3-12-8-6-5-7-9(10(8)11)13-4-2/h5-7H,3-4H2,1-2H3. The maximum Gasteiger partial charge on any atom is 0.206 e. The maximum absolute atomic E-state index is 13.4. The van der Waals surface area contributed by atoms with Gasteiger partial charge < -0.3 is 9.47 Å². The summed E-state index contributed by atoms with van der Waals surface area (Å²) in [6.07, 6.45) is 0. The van der Waals surface area contributed by atoms with Crippen molar-refractivity contribution in [2.45, 2.75) is 13.8 Å². The predicted molar refractivity (Wildman–Crippen MR) is 48.7 cm³/mol. The van der Waals surface area contributed by atoms with E-state index in [1.54, 1.807) is 18.2 Å². The fourth-order valence-corrected chi connectivity index (χ4v) is 1.02. The van der Waals surface area contributed by atoms with Crippen molar-refractivity contribution in [1.82, 2.24) is 0 Å². The van der Waals surface area contributed by atoms with Crippen LogP contribution in [0.5, 0.6) is 11.5 Å². The predicted octanol–water partition coefficient (Wildman–Crippen LogP) is 2.62. The lowest BCUT2D eigenvalue weighted by Crippen LogP contribution is -1.98. The van der Waals surface area contributed by atoms with Crippen molar-refractivity contribution in [3.05, 3.63) is 24.0 Å². The van der Waals surface area contributed by atoms with E-state index in [4.69, 9.17) is 9.47 Å². The SMILES string of the molecule is CCOc1cccc(OCC)c1F. The van der Waals surface area contributed by atoms with Crippen molar-refractivity contribution in [2.75, 3.05) is 13.2 Å². The number of halogens is 1. The van der Waals surface area contributed by atoms with Gasteiger partial charge in [0.1, 0.15) is 0 Å². The van der Waals surface area contributed by atoms with E-state index < -0.39 is 5.82 Å². The van der Waals surface area contributed by atoms with Crippen LogP contribution in [0.3, 0.4) is 0 Å². The van der Waals surface area contributed by atoms with Crippen LogP contribution in [0.1, 0.15) is 13.8 Å². The molecule has 0 aromatic heterocycles. The molecule has 1 aromatic rings. The quantitative estimate of drug-likeness (QED) is 0.716. The summed E-state index contributed by atoms with van der Waals surface area (Å²) >= 11 is 0. The highest BCUT2D eigenvalue weighted by atomic mass is 19.1. The van der Waals surface area contributed by atoms with Crippen molar-refractivity contribution >= 4 is 0 Å². The monoisotopic (exact) mass is 184 g/mol. The largest absolute Gasteiger partial charge is 0.491 e. The van der Waals surface area contributed by atoms with E-state index in [2.05, 4.69) is 0 Å². The van der Waals surface area contributed by atoms with Gasteiger partial charge in [-0.2, -0.15) is 4.39 Å². The normalized spacial score (nSPS) is 9.77. The first kappa shape index (κ1) is 9.84. The second-order valence-electron chi connectivity index (χ2n) is 2.43. The van der Waals surface area contributed by atoms with Crippen molar-refractivity contribution in [3.8, 4) is 11.5 Å². The molecule has 0 spiro atoms. The summed E-state index contributed by atoms with van der Waals surface area (Å²) in [5, 5.41) is 0. The smallest absolute Gasteiger partial charge is 0.206 e. The molecule has 1 rings (SSSR count). The summed E-state index contributed by atoms with van der Waals surface area (Å²) in [6.45, 7) is 4.53. The number of rotatable bonds is 4. The molecule has 1 aromatic carbocycles. The van der Waals surface area contributed by atoms with Crippen LogP contribution in [0.4, 0.5) is 4.39 Å². The Labute approximate surface area is 77.3 Å². The Bertz CT molecular complexity index is 249. The lowest BCUT2D eigenvalue weighted by Gasteiger charge is -2.08. The van der Waals surface area contributed by atoms with Crippen LogP contribution < -0.4 is 9.47 Å². The minimum Gasteiger partial charge on any atom is -0.491 e. The van der Waals surface area contributed by atoms with Gasteiger partial charge in [-0.1, -0.05) is 6.07 Å². The Morgan fingerprint density at radius 1 is 1.08 bits per heavy atom. The van der Waals surface area contributed by atoms with E-state index in [1.165, 1.54) is 0 Å². The molecule has 0 heterocycles. The molecule has 72 valence electrons. The molecule has 0 aliphatic carbocycles. The first-order valence-corrected chi connectivity index (χ1v) is 4.33. The Kier molecular flexibility index (Phi) is 3.55. The second-order valence-corrected chi connectivity index (χ2v) is 2.43. The second kappa shape index (κ2) is 4.70. The van der Waals surface area contributed by atoms with Crippen molar-refractivity contribution in [3.63, 3.8) is 0 Å². The van der Waals surface area contributed by atoms with Crippen LogP contribution in [0.2, 0.25) is 0 Å². The first-order valence-electron chi connectivity index (χ1n) is 4.33. The third-order valence-corrected chi connectivity index (χ3v) is 1.53. The number of hydrogen-bond donors (Lipinski definition) is 0. The molecule has 0 aliphatic heterocycles. The van der Waals surface area contributed by atoms with E-state index in [1.807, 2.05) is 13.8 Å². The van der Waals surface area contributed by atoms with Gasteiger partial charge in [0.25, 0.3) is 0 Å². The van der Waals surface area contributed by atoms with E-state index in [0.29, 0.717) is 13.2 Å². The number of hydrogen-bond acceptors (Lipinski definition) is 2. The molecule has 0 bridgehead atoms. The van der Waals surface area contributed by atoms with Crippen LogP contribution in [0, 0.1) is 5.82 Å². The number of ether oxygens (including phenoxy) is 2. The zero-order valence-electron chi connectivity index (χ0n) is 7.84. The van der Waals surface area contributed by atoms with Crippen LogP contribution >= 0.6 is 0 Å². The molecule has 0 fully saturated rings. The topological polar surface area (TPSA) is 18.5 Å². The van der Waals surface area contributed by atoms with Gasteiger partial charge in [-0.05, 0) is 26.0 Å². The summed E-state index contributed by atoms with van der Waals surface area (Å²) in [7, 11) is 0. The van der Waals surface area contributed by atoms with Gasteiger partial charge in [0.15, 0.2) is 11.5 Å². The molecule has 0 unspecified atom stereocenters. The molecule has 2 nitrogen and oxygen atoms in total. The van der Waals surface area contributed by atoms with Crippen LogP contribution in [0.25, 0.3) is 0 Å². The van der Waals surface area contributed by atoms with Crippen LogP contribution in [-0.4, -0.2) is 13.2 Å². The van der Waals surface area contributed by atoms with Crippen LogP contribution in [0.15, 0.2) is 18.2 Å². The first-order chi connectivity index (χ1) is 6.29. The van der Waals surface area contributed by atoms with Crippen molar-refractivity contribution in [1.29, 1.82) is 0 Å². The van der Waals surface area contributed by atoms with Gasteiger partial charge in [0.2, 0.25) is 5.82 Å². The van der Waals surface area contributed by atoms with E-state index in [9.17, 15) is 4.39 Å². The highest BCUT2D eigenvalue weighted by Gasteiger charge is 2.08. The third-order valence-electron chi connectivity index (χ3n) is 1.53. The summed E-state index contributed by atoms with van der Waals surface area (Å²) in [5.41, 5.74) is 0. The lowest BCUT2D eigenvalue weighted by atomic mass is 10.3. The zero-order chi connectivity index (χ0) is 9.68. The van der Waals surface area contributed by atoms with Gasteiger partial charge in [0.05, 0.1) is 13.2 Å². The molecule has 0 atom stereocenters. The minimum atomic E-state index is -0.425. The van der Waals surface area contributed by atoms with Gasteiger partial charge in [0, 0.05) is 0 Å². The van der Waals surface area contributed by atoms with Gasteiger partial charge in [-0.25, -0.2) is 0 Å². The summed E-state index contributed by atoms with van der Waals surface area (Å²) in [4.78, 5) is 0. The Balaban J connectivity index is 2.89. The van der Waals surface area contributed by atoms with Gasteiger partial charge in [-0.3, -0.25) is 0 Å². The molecular weight excluding hydrogens is 171 g/mol. The van der Waals surface area contributed by atoms with Gasteiger partial charge >= 0.3 is 0 Å². The van der Waals surface area contributed by atoms with Gasteiger partial charge in [-0.15, -0.1) is 0 Å². The average molecular weight is 184 g/mol. The zero-order valence-corrected chi connectivity index (χ0v) is 7.84. The lowest BCUT2D eigenvalue weighted by molar-refractivity contribution is 0.292. The van der Waals surface area contributed by atoms with E-state index >= 15 is 0 Å². The molecule has 3 heteroatoms. The van der Waals surface area contributed by atoms with Crippen molar-refractivity contribution < 1.29 is 13.9 Å². The molecular formula is C10H13FO2. The third kappa shape index (κ3) is 2.34. The summed E-state index contributed by atoms with van der Waals surface area (Å²) < 4.78 is 23.5. The summed E-state index contributed by atoms with van der Waals surface area (Å²) in [6, 6.07) is 4.88. The Hall–Kier alpha value is -1.25. The molecule has 0 saturated heterocycles. The Morgan fingerprint density at radius 2 is 1.54 bits per heavy atom. The average Bonchev–Trinajstić information content (AvgIpc) is 2.13. The fraction of sp³-hybridized carbons (Fsp3) is 0.400.